The molecule has 7 heteroatoms. The summed E-state index contributed by atoms with van der Waals surface area (Å²) in [7, 11) is 0. The largest absolute Gasteiger partial charge is 0.350 e. The van der Waals surface area contributed by atoms with E-state index in [-0.39, 0.29) is 5.91 Å². The zero-order valence-corrected chi connectivity index (χ0v) is 20.5. The van der Waals surface area contributed by atoms with Crippen molar-refractivity contribution in [2.24, 2.45) is 0 Å². The van der Waals surface area contributed by atoms with Gasteiger partial charge in [0.05, 0.1) is 0 Å². The van der Waals surface area contributed by atoms with E-state index < -0.39 is 17.9 Å². The zero-order valence-electron chi connectivity index (χ0n) is 20.5. The highest BCUT2D eigenvalue weighted by molar-refractivity contribution is 5.98. The number of carbonyl (C=O) groups excluding carboxylic acids is 3. The van der Waals surface area contributed by atoms with E-state index in [1.165, 1.54) is 11.6 Å². The summed E-state index contributed by atoms with van der Waals surface area (Å²) in [5.74, 6) is -1.46. The molecule has 1 unspecified atom stereocenters. The lowest BCUT2D eigenvalue weighted by molar-refractivity contribution is -0.124. The van der Waals surface area contributed by atoms with E-state index in [0.29, 0.717) is 23.2 Å². The van der Waals surface area contributed by atoms with Gasteiger partial charge in [-0.25, -0.2) is 5.48 Å². The van der Waals surface area contributed by atoms with Crippen LogP contribution in [0.1, 0.15) is 33.1 Å². The van der Waals surface area contributed by atoms with Gasteiger partial charge >= 0.3 is 0 Å². The Hall–Kier alpha value is -5.01. The van der Waals surface area contributed by atoms with Crippen molar-refractivity contribution in [3.8, 4) is 11.1 Å². The second-order valence-corrected chi connectivity index (χ2v) is 8.53. The Labute approximate surface area is 220 Å². The molecule has 0 aliphatic rings. The standard InChI is InChI=1S/C31H27N3O4/c35-28(34-38)19-14-22-10-7-13-27(20-22)29(31(37)32-21-23-8-3-1-4-9-23)33-30(36)26-17-15-25(16-18-26)24-11-5-2-6-12-24/h1-20,29,38H,21H2,(H,32,37)(H,33,36)(H,34,35)/b19-14+. The van der Waals surface area contributed by atoms with Crippen LogP contribution >= 0.6 is 0 Å². The highest BCUT2D eigenvalue weighted by atomic mass is 16.5. The number of hydrogen-bond acceptors (Lipinski definition) is 4. The van der Waals surface area contributed by atoms with Crippen molar-refractivity contribution in [1.29, 1.82) is 0 Å². The minimum Gasteiger partial charge on any atom is -0.350 e. The first-order valence-electron chi connectivity index (χ1n) is 12.0. The minimum atomic E-state index is -0.986. The van der Waals surface area contributed by atoms with Gasteiger partial charge in [0.25, 0.3) is 11.8 Å². The molecule has 4 aromatic rings. The molecule has 0 radical (unpaired) electrons. The fraction of sp³-hybridized carbons (Fsp3) is 0.0645. The molecular formula is C31H27N3O4. The van der Waals surface area contributed by atoms with E-state index in [9.17, 15) is 14.4 Å². The Kier molecular flexibility index (Phi) is 8.78. The van der Waals surface area contributed by atoms with Crippen molar-refractivity contribution in [2.75, 3.05) is 0 Å². The van der Waals surface area contributed by atoms with Gasteiger partial charge in [0.15, 0.2) is 0 Å². The van der Waals surface area contributed by atoms with Gasteiger partial charge in [-0.1, -0.05) is 91.0 Å². The molecule has 0 bridgehead atoms. The predicted octanol–water partition coefficient (Wildman–Crippen LogP) is 4.66. The zero-order chi connectivity index (χ0) is 26.7. The lowest BCUT2D eigenvalue weighted by atomic mass is 10.0. The van der Waals surface area contributed by atoms with Crippen molar-refractivity contribution in [3.63, 3.8) is 0 Å². The summed E-state index contributed by atoms with van der Waals surface area (Å²) < 4.78 is 0. The molecule has 1 atom stereocenters. The van der Waals surface area contributed by atoms with Crippen LogP contribution in [0, 0.1) is 0 Å². The normalized spacial score (nSPS) is 11.5. The van der Waals surface area contributed by atoms with Gasteiger partial charge in [-0.15, -0.1) is 0 Å². The summed E-state index contributed by atoms with van der Waals surface area (Å²) in [6.45, 7) is 0.300. The SMILES string of the molecule is O=C(/C=C/c1cccc(C(NC(=O)c2ccc(-c3ccccc3)cc2)C(=O)NCc2ccccc2)c1)NO. The molecule has 4 N–H and O–H groups in total. The molecular weight excluding hydrogens is 478 g/mol. The Morgan fingerprint density at radius 2 is 1.42 bits per heavy atom. The second-order valence-electron chi connectivity index (χ2n) is 8.53. The second kappa shape index (κ2) is 12.8. The third-order valence-corrected chi connectivity index (χ3v) is 5.88. The molecule has 0 aliphatic carbocycles. The van der Waals surface area contributed by atoms with Gasteiger partial charge in [0.1, 0.15) is 6.04 Å². The Balaban J connectivity index is 1.56. The summed E-state index contributed by atoms with van der Waals surface area (Å²) in [5, 5.41) is 14.5. The van der Waals surface area contributed by atoms with Crippen molar-refractivity contribution < 1.29 is 19.6 Å². The van der Waals surface area contributed by atoms with Crippen LogP contribution in [-0.4, -0.2) is 22.9 Å². The predicted molar refractivity (Wildman–Crippen MR) is 146 cm³/mol. The molecule has 0 aliphatic heterocycles. The maximum Gasteiger partial charge on any atom is 0.267 e. The van der Waals surface area contributed by atoms with Gasteiger partial charge < -0.3 is 10.6 Å². The van der Waals surface area contributed by atoms with Gasteiger partial charge in [0, 0.05) is 18.2 Å². The summed E-state index contributed by atoms with van der Waals surface area (Å²) >= 11 is 0. The van der Waals surface area contributed by atoms with E-state index in [0.717, 1.165) is 22.8 Å². The van der Waals surface area contributed by atoms with Gasteiger partial charge in [-0.05, 0) is 52.1 Å². The van der Waals surface area contributed by atoms with Crippen LogP contribution in [0.5, 0.6) is 0 Å². The molecule has 7 nitrogen and oxygen atoms in total. The number of carbonyl (C=O) groups is 3. The van der Waals surface area contributed by atoms with Gasteiger partial charge in [-0.3, -0.25) is 19.6 Å². The highest BCUT2D eigenvalue weighted by Gasteiger charge is 2.23. The van der Waals surface area contributed by atoms with Crippen LogP contribution in [-0.2, 0) is 16.1 Å². The third kappa shape index (κ3) is 7.02. The summed E-state index contributed by atoms with van der Waals surface area (Å²) in [6, 6.07) is 32.4. The smallest absolute Gasteiger partial charge is 0.267 e. The first kappa shape index (κ1) is 26.1. The molecule has 38 heavy (non-hydrogen) atoms. The lowest BCUT2D eigenvalue weighted by Crippen LogP contribution is -2.40. The number of amides is 3. The topological polar surface area (TPSA) is 108 Å². The summed E-state index contributed by atoms with van der Waals surface area (Å²) in [4.78, 5) is 37.9. The van der Waals surface area contributed by atoms with Crippen molar-refractivity contribution in [2.45, 2.75) is 12.6 Å². The first-order valence-corrected chi connectivity index (χ1v) is 12.0. The molecule has 0 heterocycles. The molecule has 4 aromatic carbocycles. The number of hydroxylamine groups is 1. The van der Waals surface area contributed by atoms with Crippen molar-refractivity contribution in [3.05, 3.63) is 138 Å². The summed E-state index contributed by atoms with van der Waals surface area (Å²) in [5.41, 5.74) is 6.05. The maximum absolute atomic E-state index is 13.3. The molecule has 4 rings (SSSR count). The Morgan fingerprint density at radius 1 is 0.763 bits per heavy atom. The number of benzene rings is 4. The Bertz CT molecular complexity index is 1420. The van der Waals surface area contributed by atoms with E-state index in [2.05, 4.69) is 10.6 Å². The van der Waals surface area contributed by atoms with Crippen LogP contribution in [0.4, 0.5) is 0 Å². The number of rotatable bonds is 9. The van der Waals surface area contributed by atoms with Crippen molar-refractivity contribution in [1.82, 2.24) is 16.1 Å². The summed E-state index contributed by atoms with van der Waals surface area (Å²) in [6.07, 6.45) is 2.66. The molecule has 0 fully saturated rings. The fourth-order valence-corrected chi connectivity index (χ4v) is 3.90. The van der Waals surface area contributed by atoms with Crippen LogP contribution in [0.2, 0.25) is 0 Å². The molecule has 0 saturated heterocycles. The van der Waals surface area contributed by atoms with Gasteiger partial charge in [-0.2, -0.15) is 0 Å². The highest BCUT2D eigenvalue weighted by Crippen LogP contribution is 2.21. The molecule has 0 aromatic heterocycles. The maximum atomic E-state index is 13.3. The monoisotopic (exact) mass is 505 g/mol. The van der Waals surface area contributed by atoms with Crippen molar-refractivity contribution >= 4 is 23.8 Å². The molecule has 0 spiro atoms. The molecule has 3 amide bonds. The van der Waals surface area contributed by atoms with Crippen LogP contribution < -0.4 is 16.1 Å². The van der Waals surface area contributed by atoms with E-state index >= 15 is 0 Å². The number of nitrogens with one attached hydrogen (secondary N) is 3. The minimum absolute atomic E-state index is 0.300. The van der Waals surface area contributed by atoms with Crippen LogP contribution in [0.3, 0.4) is 0 Å². The number of hydrogen-bond donors (Lipinski definition) is 4. The average Bonchev–Trinajstić information content (AvgIpc) is 2.98. The van der Waals surface area contributed by atoms with E-state index in [4.69, 9.17) is 5.21 Å². The first-order chi connectivity index (χ1) is 18.5. The fourth-order valence-electron chi connectivity index (χ4n) is 3.90. The van der Waals surface area contributed by atoms with Crippen LogP contribution in [0.15, 0.2) is 115 Å². The lowest BCUT2D eigenvalue weighted by Gasteiger charge is -2.20. The third-order valence-electron chi connectivity index (χ3n) is 5.88. The average molecular weight is 506 g/mol. The van der Waals surface area contributed by atoms with E-state index in [1.807, 2.05) is 72.8 Å². The van der Waals surface area contributed by atoms with Gasteiger partial charge in [0.2, 0.25) is 5.91 Å². The van der Waals surface area contributed by atoms with Crippen LogP contribution in [0.25, 0.3) is 17.2 Å². The Morgan fingerprint density at radius 3 is 2.11 bits per heavy atom. The molecule has 0 saturated carbocycles. The molecule has 190 valence electrons. The quantitative estimate of drug-likeness (QED) is 0.151. The van der Waals surface area contributed by atoms with E-state index in [1.54, 1.807) is 36.4 Å².